The van der Waals surface area contributed by atoms with Crippen LogP contribution in [0.15, 0.2) is 42.7 Å². The second-order valence-corrected chi connectivity index (χ2v) is 4.88. The van der Waals surface area contributed by atoms with Crippen molar-refractivity contribution >= 4 is 17.2 Å². The predicted molar refractivity (Wildman–Crippen MR) is 78.8 cm³/mol. The molecule has 1 aromatic carbocycles. The molecule has 9 heteroatoms. The van der Waals surface area contributed by atoms with E-state index in [9.17, 15) is 18.0 Å². The van der Waals surface area contributed by atoms with Gasteiger partial charge in [0, 0.05) is 24.1 Å². The maximum atomic E-state index is 12.4. The average Bonchev–Trinajstić information content (AvgIpc) is 2.81. The van der Waals surface area contributed by atoms with Gasteiger partial charge in [-0.2, -0.15) is 5.10 Å². The molecule has 0 aliphatic heterocycles. The third kappa shape index (κ3) is 3.29. The number of hydrogen-bond donors (Lipinski definition) is 1. The summed E-state index contributed by atoms with van der Waals surface area (Å²) < 4.78 is 42.1. The molecule has 0 radical (unpaired) electrons. The highest BCUT2D eigenvalue weighted by molar-refractivity contribution is 6.09. The van der Waals surface area contributed by atoms with Crippen LogP contribution in [0.25, 0.3) is 5.65 Å². The summed E-state index contributed by atoms with van der Waals surface area (Å²) >= 11 is 0. The number of fused-ring (bicyclic) bond motifs is 1. The molecule has 6 nitrogen and oxygen atoms in total. The molecule has 3 aromatic rings. The Labute approximate surface area is 133 Å². The molecule has 124 valence electrons. The number of aromatic nitrogens is 3. The lowest BCUT2D eigenvalue weighted by Gasteiger charge is -2.10. The lowest BCUT2D eigenvalue weighted by Crippen LogP contribution is -2.17. The number of anilines is 1. The Morgan fingerprint density at radius 1 is 1.29 bits per heavy atom. The van der Waals surface area contributed by atoms with Crippen LogP contribution < -0.4 is 10.1 Å². The Balaban J connectivity index is 1.87. The summed E-state index contributed by atoms with van der Waals surface area (Å²) in [4.78, 5) is 16.5. The van der Waals surface area contributed by atoms with E-state index in [1.54, 1.807) is 19.2 Å². The first-order chi connectivity index (χ1) is 11.3. The van der Waals surface area contributed by atoms with Crippen molar-refractivity contribution in [2.75, 3.05) is 5.32 Å². The zero-order chi connectivity index (χ0) is 17.3. The van der Waals surface area contributed by atoms with Crippen molar-refractivity contribution < 1.29 is 22.7 Å². The van der Waals surface area contributed by atoms with E-state index in [1.165, 1.54) is 22.8 Å². The maximum absolute atomic E-state index is 12.4. The van der Waals surface area contributed by atoms with Crippen molar-refractivity contribution in [3.63, 3.8) is 0 Å². The van der Waals surface area contributed by atoms with E-state index < -0.39 is 18.0 Å². The van der Waals surface area contributed by atoms with Gasteiger partial charge in [0.2, 0.25) is 0 Å². The average molecular weight is 336 g/mol. The number of rotatable bonds is 3. The van der Waals surface area contributed by atoms with Crippen molar-refractivity contribution in [3.05, 3.63) is 54.0 Å². The smallest absolute Gasteiger partial charge is 0.406 e. The summed E-state index contributed by atoms with van der Waals surface area (Å²) in [6, 6.07) is 6.69. The molecular formula is C15H11F3N4O2. The number of hydrogen-bond acceptors (Lipinski definition) is 4. The number of halogens is 3. The number of carbonyl (C=O) groups excluding carboxylic acids is 1. The minimum Gasteiger partial charge on any atom is -0.406 e. The fraction of sp³-hybridized carbons (Fsp3) is 0.133. The van der Waals surface area contributed by atoms with Gasteiger partial charge in [-0.15, -0.1) is 13.2 Å². The number of amides is 1. The number of ether oxygens (including phenoxy) is 1. The summed E-state index contributed by atoms with van der Waals surface area (Å²) in [5, 5.41) is 6.69. The number of carbonyl (C=O) groups is 1. The number of nitrogens with one attached hydrogen (secondary N) is 1. The van der Waals surface area contributed by atoms with E-state index in [0.29, 0.717) is 11.3 Å². The Bertz CT molecular complexity index is 905. The lowest BCUT2D eigenvalue weighted by molar-refractivity contribution is -0.274. The van der Waals surface area contributed by atoms with Crippen molar-refractivity contribution in [1.29, 1.82) is 0 Å². The standard InChI is InChI=1S/C15H11F3N4O2/c1-9-12(13-19-6-3-7-22(13)21-9)14(23)20-10-4-2-5-11(8-10)24-15(16,17)18/h2-8H,1H3,(H,20,23). The van der Waals surface area contributed by atoms with Crippen molar-refractivity contribution in [1.82, 2.24) is 14.6 Å². The first-order valence-corrected chi connectivity index (χ1v) is 6.80. The highest BCUT2D eigenvalue weighted by Crippen LogP contribution is 2.25. The summed E-state index contributed by atoms with van der Waals surface area (Å²) in [5.74, 6) is -0.944. The Morgan fingerprint density at radius 3 is 2.83 bits per heavy atom. The van der Waals surface area contributed by atoms with Crippen LogP contribution in [0, 0.1) is 6.92 Å². The van der Waals surface area contributed by atoms with Gasteiger partial charge in [0.15, 0.2) is 5.65 Å². The zero-order valence-electron chi connectivity index (χ0n) is 12.3. The quantitative estimate of drug-likeness (QED) is 0.797. The summed E-state index contributed by atoms with van der Waals surface area (Å²) in [7, 11) is 0. The minimum absolute atomic E-state index is 0.163. The molecule has 0 bridgehead atoms. The fourth-order valence-corrected chi connectivity index (χ4v) is 2.23. The third-order valence-corrected chi connectivity index (χ3v) is 3.12. The van der Waals surface area contributed by atoms with Gasteiger partial charge in [-0.05, 0) is 25.1 Å². The molecule has 1 amide bonds. The summed E-state index contributed by atoms with van der Waals surface area (Å²) in [6.45, 7) is 1.65. The van der Waals surface area contributed by atoms with E-state index in [1.807, 2.05) is 0 Å². The first kappa shape index (κ1) is 15.8. The monoisotopic (exact) mass is 336 g/mol. The lowest BCUT2D eigenvalue weighted by atomic mass is 10.2. The maximum Gasteiger partial charge on any atom is 0.573 e. The molecule has 0 spiro atoms. The van der Waals surface area contributed by atoms with Crippen molar-refractivity contribution in [2.45, 2.75) is 13.3 Å². The number of alkyl halides is 3. The molecule has 0 saturated carbocycles. The molecule has 3 rings (SSSR count). The fourth-order valence-electron chi connectivity index (χ4n) is 2.23. The Kier molecular flexibility index (Phi) is 3.84. The number of aryl methyl sites for hydroxylation is 1. The Morgan fingerprint density at radius 2 is 2.08 bits per heavy atom. The van der Waals surface area contributed by atoms with Gasteiger partial charge in [-0.3, -0.25) is 4.79 Å². The first-order valence-electron chi connectivity index (χ1n) is 6.80. The highest BCUT2D eigenvalue weighted by atomic mass is 19.4. The van der Waals surface area contributed by atoms with E-state index in [-0.39, 0.29) is 11.3 Å². The van der Waals surface area contributed by atoms with Gasteiger partial charge in [0.05, 0.1) is 5.69 Å². The van der Waals surface area contributed by atoms with E-state index in [2.05, 4.69) is 20.1 Å². The number of benzene rings is 1. The van der Waals surface area contributed by atoms with Crippen molar-refractivity contribution in [2.24, 2.45) is 0 Å². The van der Waals surface area contributed by atoms with Crippen LogP contribution in [0.4, 0.5) is 18.9 Å². The van der Waals surface area contributed by atoms with Crippen LogP contribution in [0.1, 0.15) is 16.1 Å². The van der Waals surface area contributed by atoms with E-state index in [4.69, 9.17) is 0 Å². The zero-order valence-corrected chi connectivity index (χ0v) is 12.3. The molecule has 2 heterocycles. The molecule has 2 aromatic heterocycles. The van der Waals surface area contributed by atoms with Crippen LogP contribution in [-0.4, -0.2) is 26.9 Å². The normalized spacial score (nSPS) is 11.5. The van der Waals surface area contributed by atoms with E-state index in [0.717, 1.165) is 12.1 Å². The predicted octanol–water partition coefficient (Wildman–Crippen LogP) is 3.19. The molecule has 0 fully saturated rings. The molecule has 0 aliphatic carbocycles. The SMILES string of the molecule is Cc1nn2cccnc2c1C(=O)Nc1cccc(OC(F)(F)F)c1. The molecule has 0 unspecified atom stereocenters. The molecule has 0 saturated heterocycles. The van der Waals surface area contributed by atoms with Gasteiger partial charge >= 0.3 is 6.36 Å². The second kappa shape index (κ2) is 5.84. The van der Waals surface area contributed by atoms with Crippen LogP contribution in [-0.2, 0) is 0 Å². The molecule has 0 atom stereocenters. The highest BCUT2D eigenvalue weighted by Gasteiger charge is 2.31. The van der Waals surface area contributed by atoms with Crippen LogP contribution in [0.3, 0.4) is 0 Å². The van der Waals surface area contributed by atoms with Gasteiger partial charge in [-0.25, -0.2) is 9.50 Å². The van der Waals surface area contributed by atoms with Gasteiger partial charge < -0.3 is 10.1 Å². The summed E-state index contributed by atoms with van der Waals surface area (Å²) in [5.41, 5.74) is 1.22. The van der Waals surface area contributed by atoms with Crippen LogP contribution in [0.2, 0.25) is 0 Å². The second-order valence-electron chi connectivity index (χ2n) is 4.88. The summed E-state index contributed by atoms with van der Waals surface area (Å²) in [6.07, 6.45) is -1.64. The third-order valence-electron chi connectivity index (χ3n) is 3.12. The van der Waals surface area contributed by atoms with Gasteiger partial charge in [-0.1, -0.05) is 6.07 Å². The van der Waals surface area contributed by atoms with Crippen LogP contribution in [0.5, 0.6) is 5.75 Å². The van der Waals surface area contributed by atoms with Crippen molar-refractivity contribution in [3.8, 4) is 5.75 Å². The minimum atomic E-state index is -4.80. The van der Waals surface area contributed by atoms with Crippen LogP contribution >= 0.6 is 0 Å². The van der Waals surface area contributed by atoms with Gasteiger partial charge in [0.25, 0.3) is 5.91 Å². The topological polar surface area (TPSA) is 68.5 Å². The molecule has 0 aliphatic rings. The molecule has 1 N–H and O–H groups in total. The molecule has 24 heavy (non-hydrogen) atoms. The number of nitrogens with zero attached hydrogens (tertiary/aromatic N) is 3. The largest absolute Gasteiger partial charge is 0.573 e. The van der Waals surface area contributed by atoms with E-state index >= 15 is 0 Å². The Hall–Kier alpha value is -3.10. The molecular weight excluding hydrogens is 325 g/mol. The van der Waals surface area contributed by atoms with Gasteiger partial charge in [0.1, 0.15) is 11.3 Å².